The average Bonchev–Trinajstić information content (AvgIpc) is 2.49. The summed E-state index contributed by atoms with van der Waals surface area (Å²) in [6.45, 7) is 2.08. The van der Waals surface area contributed by atoms with Gasteiger partial charge in [-0.3, -0.25) is 9.97 Å². The van der Waals surface area contributed by atoms with Crippen LogP contribution in [-0.2, 0) is 0 Å². The van der Waals surface area contributed by atoms with Gasteiger partial charge in [0.25, 0.3) is 0 Å². The minimum absolute atomic E-state index is 0.850. The topological polar surface area (TPSA) is 25.8 Å². The Morgan fingerprint density at radius 3 is 2.53 bits per heavy atom. The van der Waals surface area contributed by atoms with Crippen molar-refractivity contribution in [2.24, 2.45) is 0 Å². The van der Waals surface area contributed by atoms with Gasteiger partial charge in [0.2, 0.25) is 0 Å². The summed E-state index contributed by atoms with van der Waals surface area (Å²) in [4.78, 5) is 8.82. The first-order valence-electron chi connectivity index (χ1n) is 6.20. The van der Waals surface area contributed by atoms with Gasteiger partial charge < -0.3 is 0 Å². The van der Waals surface area contributed by atoms with E-state index in [1.54, 1.807) is 6.20 Å². The third-order valence-corrected chi connectivity index (χ3v) is 2.98. The van der Waals surface area contributed by atoms with Crippen LogP contribution in [0.5, 0.6) is 0 Å². The summed E-state index contributed by atoms with van der Waals surface area (Å²) >= 11 is 0. The van der Waals surface area contributed by atoms with Gasteiger partial charge in [0.05, 0.1) is 11.4 Å². The molecule has 0 fully saturated rings. The van der Waals surface area contributed by atoms with Gasteiger partial charge in [-0.1, -0.05) is 29.8 Å². The van der Waals surface area contributed by atoms with E-state index in [0.29, 0.717) is 0 Å². The van der Waals surface area contributed by atoms with E-state index >= 15 is 0 Å². The Labute approximate surface area is 112 Å². The molecule has 3 aromatic rings. The van der Waals surface area contributed by atoms with Gasteiger partial charge in [0, 0.05) is 29.6 Å². The van der Waals surface area contributed by atoms with Crippen molar-refractivity contribution in [1.29, 1.82) is 0 Å². The number of benzene rings is 1. The fraction of sp³-hybridized carbons (Fsp3) is 0.0588. The smallest absolute Gasteiger partial charge is 0.0787 e. The van der Waals surface area contributed by atoms with Crippen molar-refractivity contribution in [3.63, 3.8) is 0 Å². The van der Waals surface area contributed by atoms with Crippen LogP contribution in [0.3, 0.4) is 0 Å². The maximum atomic E-state index is 4.43. The van der Waals surface area contributed by atoms with Gasteiger partial charge in [0.15, 0.2) is 0 Å². The molecule has 0 unspecified atom stereocenters. The van der Waals surface area contributed by atoms with Crippen molar-refractivity contribution in [3.8, 4) is 22.5 Å². The molecule has 1 aromatic carbocycles. The Bertz CT molecular complexity index is 676. The fourth-order valence-corrected chi connectivity index (χ4v) is 2.07. The predicted molar refractivity (Wildman–Crippen MR) is 76.5 cm³/mol. The second kappa shape index (κ2) is 5.02. The van der Waals surface area contributed by atoms with Crippen LogP contribution in [0.4, 0.5) is 0 Å². The van der Waals surface area contributed by atoms with E-state index in [1.807, 2.05) is 36.5 Å². The summed E-state index contributed by atoms with van der Waals surface area (Å²) in [6.07, 6.45) is 3.59. The number of aryl methyl sites for hydroxylation is 1. The second-order valence-corrected chi connectivity index (χ2v) is 4.39. The van der Waals surface area contributed by atoms with E-state index in [1.165, 1.54) is 5.56 Å². The Kier molecular flexibility index (Phi) is 3.07. The molecule has 0 atom stereocenters. The number of rotatable bonds is 2. The molecule has 0 saturated heterocycles. The summed E-state index contributed by atoms with van der Waals surface area (Å²) in [5, 5.41) is 0. The summed E-state index contributed by atoms with van der Waals surface area (Å²) in [5.74, 6) is 0. The zero-order valence-corrected chi connectivity index (χ0v) is 10.7. The Morgan fingerprint density at radius 1 is 0.895 bits per heavy atom. The lowest BCUT2D eigenvalue weighted by atomic mass is 9.98. The fourth-order valence-electron chi connectivity index (χ4n) is 2.07. The van der Waals surface area contributed by atoms with Crippen LogP contribution >= 0.6 is 0 Å². The Morgan fingerprint density at radius 2 is 1.79 bits per heavy atom. The molecule has 0 amide bonds. The molecular weight excluding hydrogens is 232 g/mol. The minimum atomic E-state index is 0.850. The van der Waals surface area contributed by atoms with Crippen LogP contribution in [0.15, 0.2) is 60.9 Å². The van der Waals surface area contributed by atoms with Crippen molar-refractivity contribution >= 4 is 0 Å². The molecule has 0 N–H and O–H groups in total. The summed E-state index contributed by atoms with van der Waals surface area (Å²) in [7, 11) is 0. The third-order valence-electron chi connectivity index (χ3n) is 2.98. The van der Waals surface area contributed by atoms with Gasteiger partial charge in [-0.2, -0.15) is 0 Å². The third kappa shape index (κ3) is 2.38. The van der Waals surface area contributed by atoms with E-state index in [-0.39, 0.29) is 0 Å². The normalized spacial score (nSPS) is 10.4. The predicted octanol–water partition coefficient (Wildman–Crippen LogP) is 3.92. The highest BCUT2D eigenvalue weighted by Gasteiger charge is 2.09. The molecule has 19 heavy (non-hydrogen) atoms. The first kappa shape index (κ1) is 11.6. The van der Waals surface area contributed by atoms with Crippen molar-refractivity contribution < 1.29 is 0 Å². The summed E-state index contributed by atoms with van der Waals surface area (Å²) in [5.41, 5.74) is 5.17. The minimum Gasteiger partial charge on any atom is -0.256 e. The SMILES string of the molecule is Cc1ccc(-c2[c]cccn2)c(-c2ccccn2)c1. The van der Waals surface area contributed by atoms with Crippen LogP contribution in [0.2, 0.25) is 0 Å². The molecule has 0 aliphatic rings. The molecule has 0 aliphatic heterocycles. The van der Waals surface area contributed by atoms with E-state index in [9.17, 15) is 0 Å². The van der Waals surface area contributed by atoms with Gasteiger partial charge >= 0.3 is 0 Å². The first-order chi connectivity index (χ1) is 9.34. The van der Waals surface area contributed by atoms with Crippen LogP contribution in [0.25, 0.3) is 22.5 Å². The standard InChI is InChI=1S/C17H13N2/c1-13-8-9-14(16-6-2-4-10-18-16)15(12-13)17-7-3-5-11-19-17/h2-5,7-12H,1H3. The molecule has 2 heteroatoms. The molecule has 0 spiro atoms. The molecule has 2 heterocycles. The van der Waals surface area contributed by atoms with Crippen molar-refractivity contribution in [3.05, 3.63) is 72.6 Å². The zero-order chi connectivity index (χ0) is 13.1. The highest BCUT2D eigenvalue weighted by atomic mass is 14.7. The maximum absolute atomic E-state index is 4.43. The monoisotopic (exact) mass is 245 g/mol. The van der Waals surface area contributed by atoms with E-state index in [0.717, 1.165) is 22.5 Å². The quantitative estimate of drug-likeness (QED) is 0.684. The molecule has 1 radical (unpaired) electrons. The molecule has 2 nitrogen and oxygen atoms in total. The molecule has 0 bridgehead atoms. The Balaban J connectivity index is 2.21. The number of pyridine rings is 2. The number of hydrogen-bond acceptors (Lipinski definition) is 2. The number of hydrogen-bond donors (Lipinski definition) is 0. The molecule has 0 aliphatic carbocycles. The first-order valence-corrected chi connectivity index (χ1v) is 6.20. The van der Waals surface area contributed by atoms with Gasteiger partial charge in [-0.05, 0) is 31.2 Å². The van der Waals surface area contributed by atoms with E-state index in [4.69, 9.17) is 0 Å². The largest absolute Gasteiger partial charge is 0.256 e. The lowest BCUT2D eigenvalue weighted by Crippen LogP contribution is -1.90. The van der Waals surface area contributed by atoms with Crippen LogP contribution in [0, 0.1) is 13.0 Å². The van der Waals surface area contributed by atoms with Gasteiger partial charge in [-0.15, -0.1) is 0 Å². The van der Waals surface area contributed by atoms with Crippen LogP contribution in [-0.4, -0.2) is 9.97 Å². The maximum Gasteiger partial charge on any atom is 0.0787 e. The van der Waals surface area contributed by atoms with Crippen molar-refractivity contribution in [1.82, 2.24) is 9.97 Å². The highest BCUT2D eigenvalue weighted by molar-refractivity contribution is 5.80. The second-order valence-electron chi connectivity index (χ2n) is 4.39. The van der Waals surface area contributed by atoms with E-state index < -0.39 is 0 Å². The molecule has 2 aromatic heterocycles. The van der Waals surface area contributed by atoms with E-state index in [2.05, 4.69) is 41.2 Å². The highest BCUT2D eigenvalue weighted by Crippen LogP contribution is 2.30. The van der Waals surface area contributed by atoms with Crippen molar-refractivity contribution in [2.45, 2.75) is 6.92 Å². The average molecular weight is 245 g/mol. The van der Waals surface area contributed by atoms with Crippen molar-refractivity contribution in [2.75, 3.05) is 0 Å². The number of nitrogens with zero attached hydrogens (tertiary/aromatic N) is 2. The lowest BCUT2D eigenvalue weighted by molar-refractivity contribution is 1.29. The lowest BCUT2D eigenvalue weighted by Gasteiger charge is -2.09. The van der Waals surface area contributed by atoms with Gasteiger partial charge in [-0.25, -0.2) is 0 Å². The molecule has 91 valence electrons. The van der Waals surface area contributed by atoms with Gasteiger partial charge in [0.1, 0.15) is 0 Å². The molecular formula is C17H13N2. The van der Waals surface area contributed by atoms with Crippen LogP contribution < -0.4 is 0 Å². The summed E-state index contributed by atoms with van der Waals surface area (Å²) < 4.78 is 0. The molecule has 0 saturated carbocycles. The zero-order valence-electron chi connectivity index (χ0n) is 10.7. The van der Waals surface area contributed by atoms with Crippen LogP contribution in [0.1, 0.15) is 5.56 Å². The number of aromatic nitrogens is 2. The summed E-state index contributed by atoms with van der Waals surface area (Å²) in [6, 6.07) is 19.2. The molecule has 3 rings (SSSR count). The Hall–Kier alpha value is -2.48.